The lowest BCUT2D eigenvalue weighted by atomic mass is 10.1. The Morgan fingerprint density at radius 2 is 1.92 bits per heavy atom. The average molecular weight is 381 g/mol. The molecule has 144 valence electrons. The van der Waals surface area contributed by atoms with Crippen molar-refractivity contribution < 1.29 is 17.9 Å². The number of ether oxygens (including phenoxy) is 1. The molecule has 1 aromatic carbocycles. The first-order chi connectivity index (χ1) is 12.3. The summed E-state index contributed by atoms with van der Waals surface area (Å²) in [5.74, 6) is 1.51. The standard InChI is InChI=1S/C19H28N2O4S/c1-15-3-4-16(2)18(13-15)25-11-5-19(22)21-9-7-20(8-10-21)17-6-12-26(23,24)14-17/h3-4,13,17H,5-12,14H2,1-2H3. The third kappa shape index (κ3) is 4.76. The van der Waals surface area contributed by atoms with E-state index in [1.165, 1.54) is 0 Å². The van der Waals surface area contributed by atoms with Crippen LogP contribution in [0.15, 0.2) is 18.2 Å². The van der Waals surface area contributed by atoms with Crippen molar-refractivity contribution in [3.63, 3.8) is 0 Å². The van der Waals surface area contributed by atoms with Gasteiger partial charge in [0.05, 0.1) is 24.5 Å². The molecule has 2 aliphatic rings. The molecule has 0 aromatic heterocycles. The second-order valence-corrected chi connectivity index (χ2v) is 9.57. The minimum absolute atomic E-state index is 0.106. The lowest BCUT2D eigenvalue weighted by Crippen LogP contribution is -2.52. The largest absolute Gasteiger partial charge is 0.493 e. The number of piperazine rings is 1. The van der Waals surface area contributed by atoms with Crippen molar-refractivity contribution >= 4 is 15.7 Å². The Balaban J connectivity index is 1.42. The smallest absolute Gasteiger partial charge is 0.226 e. The van der Waals surface area contributed by atoms with Crippen LogP contribution in [0.2, 0.25) is 0 Å². The van der Waals surface area contributed by atoms with Gasteiger partial charge in [0.15, 0.2) is 9.84 Å². The molecule has 0 N–H and O–H groups in total. The maximum Gasteiger partial charge on any atom is 0.226 e. The summed E-state index contributed by atoms with van der Waals surface area (Å²) in [6, 6.07) is 6.19. The van der Waals surface area contributed by atoms with Crippen molar-refractivity contribution in [2.75, 3.05) is 44.3 Å². The van der Waals surface area contributed by atoms with Gasteiger partial charge in [0.1, 0.15) is 5.75 Å². The van der Waals surface area contributed by atoms with E-state index in [1.807, 2.05) is 36.9 Å². The van der Waals surface area contributed by atoms with Crippen molar-refractivity contribution in [1.29, 1.82) is 0 Å². The molecule has 1 amide bonds. The van der Waals surface area contributed by atoms with E-state index in [0.29, 0.717) is 31.9 Å². The number of rotatable bonds is 5. The van der Waals surface area contributed by atoms with Gasteiger partial charge in [-0.2, -0.15) is 0 Å². The van der Waals surface area contributed by atoms with Crippen LogP contribution in [0.1, 0.15) is 24.0 Å². The zero-order chi connectivity index (χ0) is 18.7. The van der Waals surface area contributed by atoms with Gasteiger partial charge >= 0.3 is 0 Å². The first-order valence-corrected chi connectivity index (χ1v) is 11.1. The first-order valence-electron chi connectivity index (χ1n) is 9.26. The quantitative estimate of drug-likeness (QED) is 0.773. The highest BCUT2D eigenvalue weighted by atomic mass is 32.2. The van der Waals surface area contributed by atoms with Crippen molar-refractivity contribution in [3.8, 4) is 5.75 Å². The predicted molar refractivity (Wildman–Crippen MR) is 101 cm³/mol. The number of hydrogen-bond acceptors (Lipinski definition) is 5. The van der Waals surface area contributed by atoms with Crippen LogP contribution in [0.4, 0.5) is 0 Å². The van der Waals surface area contributed by atoms with Gasteiger partial charge in [0, 0.05) is 32.2 Å². The number of hydrogen-bond donors (Lipinski definition) is 0. The minimum atomic E-state index is -2.86. The molecule has 0 spiro atoms. The molecule has 26 heavy (non-hydrogen) atoms. The van der Waals surface area contributed by atoms with Crippen LogP contribution in [0, 0.1) is 13.8 Å². The zero-order valence-electron chi connectivity index (χ0n) is 15.6. The topological polar surface area (TPSA) is 66.9 Å². The summed E-state index contributed by atoms with van der Waals surface area (Å²) in [6.07, 6.45) is 1.09. The highest BCUT2D eigenvalue weighted by Gasteiger charge is 2.34. The summed E-state index contributed by atoms with van der Waals surface area (Å²) in [6.45, 7) is 7.24. The van der Waals surface area contributed by atoms with Gasteiger partial charge in [0.2, 0.25) is 5.91 Å². The van der Waals surface area contributed by atoms with Crippen LogP contribution in [0.5, 0.6) is 5.75 Å². The van der Waals surface area contributed by atoms with Crippen molar-refractivity contribution in [2.45, 2.75) is 32.7 Å². The van der Waals surface area contributed by atoms with Crippen LogP contribution in [0.25, 0.3) is 0 Å². The molecule has 2 saturated heterocycles. The molecule has 0 aliphatic carbocycles. The second kappa shape index (κ2) is 7.96. The van der Waals surface area contributed by atoms with Crippen molar-refractivity contribution in [2.24, 2.45) is 0 Å². The van der Waals surface area contributed by atoms with Crippen molar-refractivity contribution in [3.05, 3.63) is 29.3 Å². The molecule has 2 heterocycles. The fraction of sp³-hybridized carbons (Fsp3) is 0.632. The molecule has 0 radical (unpaired) electrons. The Bertz CT molecular complexity index is 755. The minimum Gasteiger partial charge on any atom is -0.493 e. The molecular weight excluding hydrogens is 352 g/mol. The van der Waals surface area contributed by atoms with Gasteiger partial charge in [-0.3, -0.25) is 9.69 Å². The molecule has 2 aliphatic heterocycles. The van der Waals surface area contributed by atoms with Gasteiger partial charge in [-0.15, -0.1) is 0 Å². The molecule has 0 saturated carbocycles. The molecule has 1 aromatic rings. The van der Waals surface area contributed by atoms with E-state index in [0.717, 1.165) is 36.4 Å². The summed E-state index contributed by atoms with van der Waals surface area (Å²) < 4.78 is 29.0. The van der Waals surface area contributed by atoms with E-state index in [-0.39, 0.29) is 17.7 Å². The predicted octanol–water partition coefficient (Wildman–Crippen LogP) is 1.40. The number of carbonyl (C=O) groups excluding carboxylic acids is 1. The van der Waals surface area contributed by atoms with Gasteiger partial charge in [0.25, 0.3) is 0 Å². The molecule has 7 heteroatoms. The van der Waals surface area contributed by atoms with Gasteiger partial charge < -0.3 is 9.64 Å². The van der Waals surface area contributed by atoms with Crippen molar-refractivity contribution in [1.82, 2.24) is 9.80 Å². The Morgan fingerprint density at radius 1 is 1.19 bits per heavy atom. The number of sulfone groups is 1. The van der Waals surface area contributed by atoms with Crippen LogP contribution in [0.3, 0.4) is 0 Å². The molecule has 3 rings (SSSR count). The summed E-state index contributed by atoms with van der Waals surface area (Å²) in [4.78, 5) is 16.5. The summed E-state index contributed by atoms with van der Waals surface area (Å²) in [5.41, 5.74) is 2.21. The number of nitrogens with zero attached hydrogens (tertiary/aromatic N) is 2. The second-order valence-electron chi connectivity index (χ2n) is 7.34. The fourth-order valence-electron chi connectivity index (χ4n) is 3.67. The maximum absolute atomic E-state index is 12.4. The van der Waals surface area contributed by atoms with Gasteiger partial charge in [-0.1, -0.05) is 12.1 Å². The molecule has 2 fully saturated rings. The average Bonchev–Trinajstić information content (AvgIpc) is 2.98. The zero-order valence-corrected chi connectivity index (χ0v) is 16.4. The molecule has 6 nitrogen and oxygen atoms in total. The summed E-state index contributed by atoms with van der Waals surface area (Å²) >= 11 is 0. The van der Waals surface area contributed by atoms with Gasteiger partial charge in [-0.25, -0.2) is 8.42 Å². The van der Waals surface area contributed by atoms with Crippen LogP contribution in [-0.2, 0) is 14.6 Å². The number of aryl methyl sites for hydroxylation is 2. The number of benzene rings is 1. The molecule has 1 atom stereocenters. The van der Waals surface area contributed by atoms with Crippen LogP contribution >= 0.6 is 0 Å². The fourth-order valence-corrected chi connectivity index (χ4v) is 5.43. The Labute approximate surface area is 156 Å². The third-order valence-corrected chi connectivity index (χ3v) is 7.06. The maximum atomic E-state index is 12.4. The van der Waals surface area contributed by atoms with E-state index in [1.54, 1.807) is 0 Å². The highest BCUT2D eigenvalue weighted by molar-refractivity contribution is 7.91. The summed E-state index contributed by atoms with van der Waals surface area (Å²) in [5, 5.41) is 0. The number of carbonyl (C=O) groups is 1. The Hall–Kier alpha value is -1.60. The van der Waals surface area contributed by atoms with E-state index >= 15 is 0 Å². The van der Waals surface area contributed by atoms with Crippen LogP contribution in [-0.4, -0.2) is 74.5 Å². The SMILES string of the molecule is Cc1ccc(C)c(OCCC(=O)N2CCN(C3CCS(=O)(=O)C3)CC2)c1. The van der Waals surface area contributed by atoms with E-state index in [4.69, 9.17) is 4.74 Å². The number of amides is 1. The molecule has 1 unspecified atom stereocenters. The lowest BCUT2D eigenvalue weighted by molar-refractivity contribution is -0.133. The normalized spacial score (nSPS) is 23.2. The monoisotopic (exact) mass is 380 g/mol. The van der Waals surface area contributed by atoms with E-state index in [9.17, 15) is 13.2 Å². The van der Waals surface area contributed by atoms with E-state index < -0.39 is 9.84 Å². The van der Waals surface area contributed by atoms with Crippen LogP contribution < -0.4 is 4.74 Å². The molecule has 0 bridgehead atoms. The summed E-state index contributed by atoms with van der Waals surface area (Å²) in [7, 11) is -2.86. The third-order valence-electron chi connectivity index (χ3n) is 5.31. The van der Waals surface area contributed by atoms with Gasteiger partial charge in [-0.05, 0) is 37.5 Å². The lowest BCUT2D eigenvalue weighted by Gasteiger charge is -2.37. The first kappa shape index (κ1) is 19.2. The Kier molecular flexibility index (Phi) is 5.87. The highest BCUT2D eigenvalue weighted by Crippen LogP contribution is 2.21. The van der Waals surface area contributed by atoms with E-state index in [2.05, 4.69) is 4.90 Å². The molecular formula is C19H28N2O4S. The Morgan fingerprint density at radius 3 is 2.58 bits per heavy atom.